The Balaban J connectivity index is 1.90. The number of amides is 1. The predicted molar refractivity (Wildman–Crippen MR) is 95.6 cm³/mol. The zero-order chi connectivity index (χ0) is 17.7. The molecule has 0 spiro atoms. The Bertz CT molecular complexity index is 739. The number of hydrogen-bond acceptors (Lipinski definition) is 3. The van der Waals surface area contributed by atoms with Gasteiger partial charge in [0.05, 0.1) is 16.3 Å². The van der Waals surface area contributed by atoms with Crippen LogP contribution >= 0.6 is 11.6 Å². The van der Waals surface area contributed by atoms with Crippen LogP contribution in [-0.2, 0) is 9.53 Å². The highest BCUT2D eigenvalue weighted by molar-refractivity contribution is 6.33. The van der Waals surface area contributed by atoms with E-state index in [0.29, 0.717) is 22.2 Å². The van der Waals surface area contributed by atoms with Gasteiger partial charge in [0.1, 0.15) is 0 Å². The molecule has 0 aliphatic carbocycles. The van der Waals surface area contributed by atoms with Crippen LogP contribution in [0.15, 0.2) is 42.5 Å². The molecule has 0 unspecified atom stereocenters. The zero-order valence-electron chi connectivity index (χ0n) is 13.9. The molecule has 0 saturated carbocycles. The van der Waals surface area contributed by atoms with Crippen molar-refractivity contribution < 1.29 is 14.3 Å². The molecule has 0 fully saturated rings. The van der Waals surface area contributed by atoms with Gasteiger partial charge >= 0.3 is 5.97 Å². The first-order valence-corrected chi connectivity index (χ1v) is 8.07. The van der Waals surface area contributed by atoms with Gasteiger partial charge in [-0.15, -0.1) is 0 Å². The fourth-order valence-electron chi connectivity index (χ4n) is 2.13. The topological polar surface area (TPSA) is 55.4 Å². The molecule has 1 amide bonds. The van der Waals surface area contributed by atoms with Crippen LogP contribution in [0.3, 0.4) is 0 Å². The molecule has 24 heavy (non-hydrogen) atoms. The highest BCUT2D eigenvalue weighted by atomic mass is 35.5. The average molecular weight is 346 g/mol. The number of rotatable bonds is 5. The number of hydrogen-bond donors (Lipinski definition) is 1. The van der Waals surface area contributed by atoms with E-state index in [4.69, 9.17) is 16.3 Å². The summed E-state index contributed by atoms with van der Waals surface area (Å²) in [5, 5.41) is 3.06. The summed E-state index contributed by atoms with van der Waals surface area (Å²) in [7, 11) is 0. The normalized spacial score (nSPS) is 10.5. The number of nitrogens with one attached hydrogen (secondary N) is 1. The standard InChI is InChI=1S/C19H20ClNO3/c1-12(2)14-5-7-15(8-6-14)19(23)24-11-18(22)21-17-9-4-13(3)10-16(17)20/h4-10,12H,11H2,1-3H3,(H,21,22). The molecule has 2 aromatic carbocycles. The van der Waals surface area contributed by atoms with Crippen molar-refractivity contribution >= 4 is 29.2 Å². The lowest BCUT2D eigenvalue weighted by Gasteiger charge is -2.09. The lowest BCUT2D eigenvalue weighted by Crippen LogP contribution is -2.21. The molecule has 0 radical (unpaired) electrons. The maximum absolute atomic E-state index is 12.0. The minimum absolute atomic E-state index is 0.366. The number of esters is 1. The third-order valence-corrected chi connectivity index (χ3v) is 3.86. The van der Waals surface area contributed by atoms with Gasteiger partial charge in [-0.1, -0.05) is 43.6 Å². The van der Waals surface area contributed by atoms with Gasteiger partial charge in [0, 0.05) is 0 Å². The summed E-state index contributed by atoms with van der Waals surface area (Å²) in [5.41, 5.74) is 3.04. The van der Waals surface area contributed by atoms with E-state index in [1.165, 1.54) is 0 Å². The van der Waals surface area contributed by atoms with Crippen molar-refractivity contribution in [3.8, 4) is 0 Å². The summed E-state index contributed by atoms with van der Waals surface area (Å²) < 4.78 is 5.03. The second-order valence-electron chi connectivity index (χ2n) is 5.88. The van der Waals surface area contributed by atoms with E-state index in [0.717, 1.165) is 11.1 Å². The highest BCUT2D eigenvalue weighted by Crippen LogP contribution is 2.22. The van der Waals surface area contributed by atoms with Gasteiger partial charge in [-0.25, -0.2) is 4.79 Å². The Hall–Kier alpha value is -2.33. The smallest absolute Gasteiger partial charge is 0.338 e. The molecule has 0 aliphatic heterocycles. The molecule has 0 atom stereocenters. The lowest BCUT2D eigenvalue weighted by atomic mass is 10.0. The second-order valence-corrected chi connectivity index (χ2v) is 6.29. The fourth-order valence-corrected chi connectivity index (χ4v) is 2.41. The molecule has 2 rings (SSSR count). The fraction of sp³-hybridized carbons (Fsp3) is 0.263. The third-order valence-electron chi connectivity index (χ3n) is 3.55. The largest absolute Gasteiger partial charge is 0.452 e. The van der Waals surface area contributed by atoms with Crippen LogP contribution < -0.4 is 5.32 Å². The average Bonchev–Trinajstić information content (AvgIpc) is 2.55. The number of carbonyl (C=O) groups excluding carboxylic acids is 2. The molecule has 0 saturated heterocycles. The Kier molecular flexibility index (Phi) is 5.99. The maximum Gasteiger partial charge on any atom is 0.338 e. The molecule has 0 heterocycles. The van der Waals surface area contributed by atoms with E-state index < -0.39 is 11.9 Å². The summed E-state index contributed by atoms with van der Waals surface area (Å²) in [6, 6.07) is 12.5. The van der Waals surface area contributed by atoms with Crippen LogP contribution in [0.1, 0.15) is 41.3 Å². The molecular weight excluding hydrogens is 326 g/mol. The molecule has 5 heteroatoms. The maximum atomic E-state index is 12.0. The molecule has 0 bridgehead atoms. The van der Waals surface area contributed by atoms with Crippen molar-refractivity contribution in [3.05, 3.63) is 64.2 Å². The van der Waals surface area contributed by atoms with Crippen molar-refractivity contribution in [2.45, 2.75) is 26.7 Å². The van der Waals surface area contributed by atoms with E-state index in [2.05, 4.69) is 19.2 Å². The van der Waals surface area contributed by atoms with Crippen molar-refractivity contribution in [3.63, 3.8) is 0 Å². The first-order valence-electron chi connectivity index (χ1n) is 7.70. The first kappa shape index (κ1) is 18.0. The summed E-state index contributed by atoms with van der Waals surface area (Å²) in [4.78, 5) is 23.8. The van der Waals surface area contributed by atoms with Gasteiger partial charge < -0.3 is 10.1 Å². The molecule has 0 aliphatic rings. The summed E-state index contributed by atoms with van der Waals surface area (Å²) in [5.74, 6) is -0.580. The molecule has 126 valence electrons. The summed E-state index contributed by atoms with van der Waals surface area (Å²) in [6.07, 6.45) is 0. The van der Waals surface area contributed by atoms with Crippen molar-refractivity contribution in [2.24, 2.45) is 0 Å². The summed E-state index contributed by atoms with van der Waals surface area (Å²) >= 11 is 6.05. The Morgan fingerprint density at radius 2 is 1.79 bits per heavy atom. The highest BCUT2D eigenvalue weighted by Gasteiger charge is 2.12. The number of anilines is 1. The molecule has 4 nitrogen and oxygen atoms in total. The Labute approximate surface area is 146 Å². The van der Waals surface area contributed by atoms with Crippen LogP contribution in [0.5, 0.6) is 0 Å². The minimum atomic E-state index is -0.532. The third kappa shape index (κ3) is 4.83. The Morgan fingerprint density at radius 1 is 1.12 bits per heavy atom. The van der Waals surface area contributed by atoms with Crippen LogP contribution in [0.2, 0.25) is 5.02 Å². The monoisotopic (exact) mass is 345 g/mol. The minimum Gasteiger partial charge on any atom is -0.452 e. The van der Waals surface area contributed by atoms with Crippen LogP contribution in [-0.4, -0.2) is 18.5 Å². The van der Waals surface area contributed by atoms with Gasteiger partial charge in [-0.3, -0.25) is 4.79 Å². The van der Waals surface area contributed by atoms with Crippen molar-refractivity contribution in [2.75, 3.05) is 11.9 Å². The first-order chi connectivity index (χ1) is 11.4. The van der Waals surface area contributed by atoms with E-state index in [1.54, 1.807) is 24.3 Å². The zero-order valence-corrected chi connectivity index (χ0v) is 14.7. The molecular formula is C19H20ClNO3. The van der Waals surface area contributed by atoms with Crippen LogP contribution in [0.25, 0.3) is 0 Å². The van der Waals surface area contributed by atoms with Gasteiger partial charge in [0.2, 0.25) is 0 Å². The quantitative estimate of drug-likeness (QED) is 0.808. The summed E-state index contributed by atoms with van der Waals surface area (Å²) in [6.45, 7) is 5.69. The number of aryl methyl sites for hydroxylation is 1. The number of carbonyl (C=O) groups is 2. The number of halogens is 1. The lowest BCUT2D eigenvalue weighted by molar-refractivity contribution is -0.119. The van der Waals surface area contributed by atoms with Crippen molar-refractivity contribution in [1.82, 2.24) is 0 Å². The van der Waals surface area contributed by atoms with Crippen LogP contribution in [0, 0.1) is 6.92 Å². The van der Waals surface area contributed by atoms with E-state index in [9.17, 15) is 9.59 Å². The second kappa shape index (κ2) is 7.97. The predicted octanol–water partition coefficient (Wildman–Crippen LogP) is 4.57. The molecule has 0 aromatic heterocycles. The molecule has 2 aromatic rings. The Morgan fingerprint density at radius 3 is 2.38 bits per heavy atom. The number of benzene rings is 2. The van der Waals surface area contributed by atoms with Crippen LogP contribution in [0.4, 0.5) is 5.69 Å². The van der Waals surface area contributed by atoms with Gasteiger partial charge in [-0.05, 0) is 48.2 Å². The van der Waals surface area contributed by atoms with Gasteiger partial charge in [0.15, 0.2) is 6.61 Å². The van der Waals surface area contributed by atoms with E-state index in [-0.39, 0.29) is 6.61 Å². The van der Waals surface area contributed by atoms with E-state index in [1.807, 2.05) is 25.1 Å². The molecule has 1 N–H and O–H groups in total. The van der Waals surface area contributed by atoms with Gasteiger partial charge in [-0.2, -0.15) is 0 Å². The number of ether oxygens (including phenoxy) is 1. The van der Waals surface area contributed by atoms with Crippen molar-refractivity contribution in [1.29, 1.82) is 0 Å². The van der Waals surface area contributed by atoms with E-state index >= 15 is 0 Å². The van der Waals surface area contributed by atoms with Gasteiger partial charge in [0.25, 0.3) is 5.91 Å². The SMILES string of the molecule is Cc1ccc(NC(=O)COC(=O)c2ccc(C(C)C)cc2)c(Cl)c1.